The molecule has 0 bridgehead atoms. The van der Waals surface area contributed by atoms with Gasteiger partial charge in [-0.25, -0.2) is 0 Å². The van der Waals surface area contributed by atoms with Gasteiger partial charge in [-0.2, -0.15) is 0 Å². The van der Waals surface area contributed by atoms with Gasteiger partial charge in [0.25, 0.3) is 0 Å². The van der Waals surface area contributed by atoms with Gasteiger partial charge in [0.05, 0.1) is 19.1 Å². The Morgan fingerprint density at radius 3 is 2.40 bits per heavy atom. The Morgan fingerprint density at radius 2 is 1.90 bits per heavy atom. The highest BCUT2D eigenvalue weighted by Gasteiger charge is 2.19. The van der Waals surface area contributed by atoms with Crippen LogP contribution in [0.5, 0.6) is 0 Å². The van der Waals surface area contributed by atoms with Crippen LogP contribution in [0.3, 0.4) is 0 Å². The molecule has 0 amide bonds. The number of rotatable bonds is 7. The van der Waals surface area contributed by atoms with Gasteiger partial charge in [-0.15, -0.1) is 0 Å². The maximum atomic E-state index is 11.4. The molecule has 1 rings (SSSR count). The van der Waals surface area contributed by atoms with E-state index < -0.39 is 6.10 Å². The second-order valence-electron chi connectivity index (χ2n) is 5.20. The van der Waals surface area contributed by atoms with Crippen LogP contribution >= 0.6 is 0 Å². The quantitative estimate of drug-likeness (QED) is 0.777. The molecule has 1 N–H and O–H groups in total. The molecular weight excluding hydrogens is 254 g/mol. The van der Waals surface area contributed by atoms with Crippen LogP contribution in [0, 0.1) is 12.8 Å². The Bertz CT molecular complexity index is 416. The molecule has 4 heteroatoms. The summed E-state index contributed by atoms with van der Waals surface area (Å²) in [7, 11) is 1.40. The first-order valence-electron chi connectivity index (χ1n) is 7.02. The van der Waals surface area contributed by atoms with Crippen LogP contribution in [0.4, 0.5) is 0 Å². The average Bonchev–Trinajstić information content (AvgIpc) is 2.45. The van der Waals surface area contributed by atoms with E-state index in [9.17, 15) is 9.90 Å². The molecule has 4 nitrogen and oxygen atoms in total. The normalized spacial score (nSPS) is 14.1. The molecule has 2 atom stereocenters. The first kappa shape index (κ1) is 16.7. The van der Waals surface area contributed by atoms with Crippen LogP contribution in [0.25, 0.3) is 0 Å². The van der Waals surface area contributed by atoms with Crippen LogP contribution in [0.1, 0.15) is 31.1 Å². The molecule has 0 aliphatic heterocycles. The maximum absolute atomic E-state index is 11.4. The van der Waals surface area contributed by atoms with E-state index >= 15 is 0 Å². The second-order valence-corrected chi connectivity index (χ2v) is 5.20. The number of ether oxygens (including phenoxy) is 1. The van der Waals surface area contributed by atoms with Gasteiger partial charge in [0.15, 0.2) is 0 Å². The van der Waals surface area contributed by atoms with Crippen LogP contribution in [-0.4, -0.2) is 42.7 Å². The van der Waals surface area contributed by atoms with E-state index in [2.05, 4.69) is 4.90 Å². The third kappa shape index (κ3) is 4.94. The smallest absolute Gasteiger partial charge is 0.309 e. The van der Waals surface area contributed by atoms with E-state index in [4.69, 9.17) is 4.74 Å². The minimum atomic E-state index is -0.541. The fourth-order valence-electron chi connectivity index (χ4n) is 2.13. The Hall–Kier alpha value is -1.39. The van der Waals surface area contributed by atoms with Crippen molar-refractivity contribution in [3.63, 3.8) is 0 Å². The average molecular weight is 279 g/mol. The molecule has 2 unspecified atom stereocenters. The van der Waals surface area contributed by atoms with E-state index in [0.29, 0.717) is 13.1 Å². The summed E-state index contributed by atoms with van der Waals surface area (Å²) in [6.07, 6.45) is -0.541. The van der Waals surface area contributed by atoms with Crippen molar-refractivity contribution in [1.82, 2.24) is 4.90 Å². The van der Waals surface area contributed by atoms with Crippen LogP contribution in [0.15, 0.2) is 24.3 Å². The SMILES string of the molecule is CCN(CC(C)C(=O)OC)CC(O)c1ccc(C)cc1. The summed E-state index contributed by atoms with van der Waals surface area (Å²) in [5, 5.41) is 10.3. The summed E-state index contributed by atoms with van der Waals surface area (Å²) >= 11 is 0. The van der Waals surface area contributed by atoms with Crippen molar-refractivity contribution >= 4 is 5.97 Å². The van der Waals surface area contributed by atoms with E-state index in [-0.39, 0.29) is 11.9 Å². The summed E-state index contributed by atoms with van der Waals surface area (Å²) in [5.74, 6) is -0.404. The fraction of sp³-hybridized carbons (Fsp3) is 0.562. The van der Waals surface area contributed by atoms with Gasteiger partial charge in [0.2, 0.25) is 0 Å². The number of likely N-dealkylation sites (N-methyl/N-ethyl adjacent to an activating group) is 1. The number of nitrogens with zero attached hydrogens (tertiary/aromatic N) is 1. The molecule has 0 saturated heterocycles. The Morgan fingerprint density at radius 1 is 1.30 bits per heavy atom. The highest BCUT2D eigenvalue weighted by atomic mass is 16.5. The number of carbonyl (C=O) groups is 1. The molecule has 0 aromatic heterocycles. The van der Waals surface area contributed by atoms with E-state index in [0.717, 1.165) is 12.1 Å². The number of esters is 1. The maximum Gasteiger partial charge on any atom is 0.309 e. The molecule has 1 aromatic carbocycles. The van der Waals surface area contributed by atoms with Gasteiger partial charge >= 0.3 is 5.97 Å². The second kappa shape index (κ2) is 8.02. The molecule has 1 aromatic rings. The van der Waals surface area contributed by atoms with Gasteiger partial charge in [0, 0.05) is 13.1 Å². The lowest BCUT2D eigenvalue weighted by Crippen LogP contribution is -2.35. The van der Waals surface area contributed by atoms with Gasteiger partial charge < -0.3 is 9.84 Å². The molecule has 0 aliphatic rings. The number of carbonyl (C=O) groups excluding carboxylic acids is 1. The van der Waals surface area contributed by atoms with E-state index in [1.807, 2.05) is 45.0 Å². The zero-order chi connectivity index (χ0) is 15.1. The van der Waals surface area contributed by atoms with Crippen LogP contribution in [0.2, 0.25) is 0 Å². The molecule has 0 spiro atoms. The number of aliphatic hydroxyl groups is 1. The van der Waals surface area contributed by atoms with Crippen molar-refractivity contribution in [3.05, 3.63) is 35.4 Å². The Balaban J connectivity index is 2.59. The van der Waals surface area contributed by atoms with Crippen LogP contribution < -0.4 is 0 Å². The lowest BCUT2D eigenvalue weighted by atomic mass is 10.1. The minimum Gasteiger partial charge on any atom is -0.469 e. The third-order valence-electron chi connectivity index (χ3n) is 3.48. The molecule has 0 fully saturated rings. The molecule has 0 saturated carbocycles. The van der Waals surface area contributed by atoms with Crippen molar-refractivity contribution < 1.29 is 14.6 Å². The summed E-state index contributed by atoms with van der Waals surface area (Å²) in [6, 6.07) is 7.87. The third-order valence-corrected chi connectivity index (χ3v) is 3.48. The first-order chi connectivity index (χ1) is 9.47. The van der Waals surface area contributed by atoms with Gasteiger partial charge in [-0.05, 0) is 19.0 Å². The monoisotopic (exact) mass is 279 g/mol. The molecule has 0 heterocycles. The standard InChI is InChI=1S/C16H25NO3/c1-5-17(10-13(3)16(19)20-4)11-15(18)14-8-6-12(2)7-9-14/h6-9,13,15,18H,5,10-11H2,1-4H3. The van der Waals surface area contributed by atoms with Crippen molar-refractivity contribution in [2.24, 2.45) is 5.92 Å². The molecule has 112 valence electrons. The van der Waals surface area contributed by atoms with Gasteiger partial charge in [-0.1, -0.05) is 43.7 Å². The lowest BCUT2D eigenvalue weighted by Gasteiger charge is -2.25. The van der Waals surface area contributed by atoms with Crippen molar-refractivity contribution in [2.75, 3.05) is 26.7 Å². The molecule has 20 heavy (non-hydrogen) atoms. The summed E-state index contributed by atoms with van der Waals surface area (Å²) < 4.78 is 4.73. The van der Waals surface area contributed by atoms with Crippen molar-refractivity contribution in [3.8, 4) is 0 Å². The number of aryl methyl sites for hydroxylation is 1. The van der Waals surface area contributed by atoms with E-state index in [1.54, 1.807) is 0 Å². The highest BCUT2D eigenvalue weighted by molar-refractivity contribution is 5.72. The molecule has 0 aliphatic carbocycles. The number of hydrogen-bond acceptors (Lipinski definition) is 4. The van der Waals surface area contributed by atoms with Crippen molar-refractivity contribution in [2.45, 2.75) is 26.9 Å². The molecule has 0 radical (unpaired) electrons. The van der Waals surface area contributed by atoms with Crippen LogP contribution in [-0.2, 0) is 9.53 Å². The first-order valence-corrected chi connectivity index (χ1v) is 7.02. The van der Waals surface area contributed by atoms with Gasteiger partial charge in [0.1, 0.15) is 0 Å². The number of hydrogen-bond donors (Lipinski definition) is 1. The largest absolute Gasteiger partial charge is 0.469 e. The predicted octanol–water partition coefficient (Wildman–Crippen LogP) is 2.16. The molecular formula is C16H25NO3. The minimum absolute atomic E-state index is 0.190. The van der Waals surface area contributed by atoms with E-state index in [1.165, 1.54) is 12.7 Å². The zero-order valence-electron chi connectivity index (χ0n) is 12.8. The number of benzene rings is 1. The summed E-state index contributed by atoms with van der Waals surface area (Å²) in [5.41, 5.74) is 2.08. The predicted molar refractivity (Wildman–Crippen MR) is 79.4 cm³/mol. The summed E-state index contributed by atoms with van der Waals surface area (Å²) in [4.78, 5) is 13.5. The summed E-state index contributed by atoms with van der Waals surface area (Å²) in [6.45, 7) is 7.77. The van der Waals surface area contributed by atoms with Gasteiger partial charge in [-0.3, -0.25) is 9.69 Å². The Kier molecular flexibility index (Phi) is 6.68. The fourth-order valence-corrected chi connectivity index (χ4v) is 2.13. The zero-order valence-corrected chi connectivity index (χ0v) is 12.8. The number of aliphatic hydroxyl groups excluding tert-OH is 1. The highest BCUT2D eigenvalue weighted by Crippen LogP contribution is 2.16. The topological polar surface area (TPSA) is 49.8 Å². The Labute approximate surface area is 121 Å². The lowest BCUT2D eigenvalue weighted by molar-refractivity contribution is -0.145. The van der Waals surface area contributed by atoms with Crippen molar-refractivity contribution in [1.29, 1.82) is 0 Å². The number of methoxy groups -OCH3 is 1.